The van der Waals surface area contributed by atoms with E-state index in [4.69, 9.17) is 10.00 Å². The van der Waals surface area contributed by atoms with E-state index in [-0.39, 0.29) is 5.91 Å². The number of methoxy groups -OCH3 is 1. The van der Waals surface area contributed by atoms with Crippen molar-refractivity contribution in [3.63, 3.8) is 0 Å². The van der Waals surface area contributed by atoms with Crippen molar-refractivity contribution >= 4 is 22.9 Å². The third-order valence-electron chi connectivity index (χ3n) is 2.80. The van der Waals surface area contributed by atoms with Crippen LogP contribution in [0, 0.1) is 17.2 Å². The molecule has 0 aliphatic heterocycles. The number of hydrogen-bond donors (Lipinski definition) is 1. The normalized spacial score (nSPS) is 11.4. The highest BCUT2D eigenvalue weighted by molar-refractivity contribution is 7.09. The van der Waals surface area contributed by atoms with Crippen molar-refractivity contribution in [2.24, 2.45) is 5.92 Å². The molecule has 1 amide bonds. The van der Waals surface area contributed by atoms with Crippen molar-refractivity contribution < 1.29 is 9.53 Å². The molecule has 0 bridgehead atoms. The van der Waals surface area contributed by atoms with Crippen LogP contribution in [0.3, 0.4) is 0 Å². The third kappa shape index (κ3) is 3.59. The summed E-state index contributed by atoms with van der Waals surface area (Å²) in [6.45, 7) is 0. The van der Waals surface area contributed by atoms with Gasteiger partial charge < -0.3 is 10.1 Å². The molecule has 1 heterocycles. The topological polar surface area (TPSA) is 62.1 Å². The first-order valence-electron chi connectivity index (χ1n) is 6.10. The number of amides is 1. The van der Waals surface area contributed by atoms with Crippen molar-refractivity contribution in [3.05, 3.63) is 46.7 Å². The Morgan fingerprint density at radius 2 is 2.30 bits per heavy atom. The molecule has 1 aromatic heterocycles. The van der Waals surface area contributed by atoms with E-state index >= 15 is 0 Å². The smallest absolute Gasteiger partial charge is 0.242 e. The van der Waals surface area contributed by atoms with Gasteiger partial charge in [-0.15, -0.1) is 11.3 Å². The second kappa shape index (κ2) is 6.73. The summed E-state index contributed by atoms with van der Waals surface area (Å²) in [5.74, 6) is -0.330. The van der Waals surface area contributed by atoms with E-state index in [9.17, 15) is 4.79 Å². The summed E-state index contributed by atoms with van der Waals surface area (Å²) in [6.07, 6.45) is 0.434. The molecule has 1 atom stereocenters. The zero-order valence-corrected chi connectivity index (χ0v) is 11.8. The van der Waals surface area contributed by atoms with E-state index in [1.54, 1.807) is 42.7 Å². The lowest BCUT2D eigenvalue weighted by atomic mass is 10.1. The van der Waals surface area contributed by atoms with E-state index in [1.165, 1.54) is 0 Å². The molecule has 0 aliphatic rings. The Hall–Kier alpha value is -2.32. The highest BCUT2D eigenvalue weighted by atomic mass is 32.1. The first-order valence-corrected chi connectivity index (χ1v) is 6.98. The van der Waals surface area contributed by atoms with Crippen LogP contribution in [0.1, 0.15) is 4.88 Å². The second-order valence-corrected chi connectivity index (χ2v) is 5.22. The van der Waals surface area contributed by atoms with Gasteiger partial charge in [-0.25, -0.2) is 0 Å². The van der Waals surface area contributed by atoms with Crippen LogP contribution in [0.15, 0.2) is 41.8 Å². The number of carbonyl (C=O) groups is 1. The maximum atomic E-state index is 12.1. The Bertz CT molecular complexity index is 617. The van der Waals surface area contributed by atoms with Gasteiger partial charge in [0.05, 0.1) is 13.2 Å². The molecule has 0 saturated heterocycles. The van der Waals surface area contributed by atoms with Gasteiger partial charge in [-0.1, -0.05) is 12.1 Å². The standard InChI is InChI=1S/C15H14N2O2S/c1-19-13-5-2-4-12(9-13)17-15(18)11(10-16)8-14-6-3-7-20-14/h2-7,9,11H,8H2,1H3,(H,17,18). The van der Waals surface area contributed by atoms with Crippen molar-refractivity contribution in [2.45, 2.75) is 6.42 Å². The number of nitrogens with one attached hydrogen (secondary N) is 1. The van der Waals surface area contributed by atoms with Gasteiger partial charge in [-0.2, -0.15) is 5.26 Å². The van der Waals surface area contributed by atoms with Crippen LogP contribution < -0.4 is 10.1 Å². The van der Waals surface area contributed by atoms with Crippen LogP contribution in [-0.2, 0) is 11.2 Å². The number of nitriles is 1. The second-order valence-electron chi connectivity index (χ2n) is 4.19. The molecule has 0 spiro atoms. The van der Waals surface area contributed by atoms with Crippen LogP contribution in [0.5, 0.6) is 5.75 Å². The van der Waals surface area contributed by atoms with Crippen LogP contribution >= 0.6 is 11.3 Å². The lowest BCUT2D eigenvalue weighted by molar-refractivity contribution is -0.118. The number of thiophene rings is 1. The molecule has 0 fully saturated rings. The summed E-state index contributed by atoms with van der Waals surface area (Å²) in [6, 6.07) is 13.0. The first-order chi connectivity index (χ1) is 9.72. The van der Waals surface area contributed by atoms with Gasteiger partial charge in [0, 0.05) is 23.1 Å². The summed E-state index contributed by atoms with van der Waals surface area (Å²) >= 11 is 1.55. The zero-order valence-electron chi connectivity index (χ0n) is 11.0. The predicted octanol–water partition coefficient (Wildman–Crippen LogP) is 3.08. The van der Waals surface area contributed by atoms with E-state index < -0.39 is 5.92 Å². The van der Waals surface area contributed by atoms with Gasteiger partial charge in [0.2, 0.25) is 5.91 Å². The maximum Gasteiger partial charge on any atom is 0.242 e. The predicted molar refractivity (Wildman–Crippen MR) is 78.7 cm³/mol. The van der Waals surface area contributed by atoms with Crippen molar-refractivity contribution in [1.29, 1.82) is 5.26 Å². The average Bonchev–Trinajstić information content (AvgIpc) is 2.97. The molecule has 0 aliphatic carbocycles. The third-order valence-corrected chi connectivity index (χ3v) is 3.69. The Labute approximate surface area is 121 Å². The summed E-state index contributed by atoms with van der Waals surface area (Å²) in [4.78, 5) is 13.1. The molecule has 0 saturated carbocycles. The fourth-order valence-corrected chi connectivity index (χ4v) is 2.51. The summed E-state index contributed by atoms with van der Waals surface area (Å²) in [7, 11) is 1.57. The maximum absolute atomic E-state index is 12.1. The molecule has 5 heteroatoms. The van der Waals surface area contributed by atoms with Crippen molar-refractivity contribution in [1.82, 2.24) is 0 Å². The Morgan fingerprint density at radius 3 is 2.95 bits per heavy atom. The Morgan fingerprint density at radius 1 is 1.45 bits per heavy atom. The quantitative estimate of drug-likeness (QED) is 0.918. The lowest BCUT2D eigenvalue weighted by Gasteiger charge is -2.10. The van der Waals surface area contributed by atoms with Gasteiger partial charge in [0.15, 0.2) is 0 Å². The summed E-state index contributed by atoms with van der Waals surface area (Å²) in [5.41, 5.74) is 0.626. The Kier molecular flexibility index (Phi) is 4.75. The van der Waals surface area contributed by atoms with Crippen molar-refractivity contribution in [2.75, 3.05) is 12.4 Å². The molecule has 102 valence electrons. The number of rotatable bonds is 5. The van der Waals surface area contributed by atoms with Crippen LogP contribution in [0.25, 0.3) is 0 Å². The van der Waals surface area contributed by atoms with Gasteiger partial charge >= 0.3 is 0 Å². The fourth-order valence-electron chi connectivity index (χ4n) is 1.76. The van der Waals surface area contributed by atoms with Crippen LogP contribution in [-0.4, -0.2) is 13.0 Å². The number of benzene rings is 1. The highest BCUT2D eigenvalue weighted by Gasteiger charge is 2.19. The molecule has 1 aromatic carbocycles. The van der Waals surface area contributed by atoms with E-state index in [0.717, 1.165) is 4.88 Å². The largest absolute Gasteiger partial charge is 0.497 e. The molecule has 2 aromatic rings. The molecule has 4 nitrogen and oxygen atoms in total. The van der Waals surface area contributed by atoms with Gasteiger partial charge in [0.25, 0.3) is 0 Å². The lowest BCUT2D eigenvalue weighted by Crippen LogP contribution is -2.23. The minimum atomic E-state index is -0.695. The van der Waals surface area contributed by atoms with Gasteiger partial charge in [0.1, 0.15) is 11.7 Å². The molecule has 1 unspecified atom stereocenters. The number of hydrogen-bond acceptors (Lipinski definition) is 4. The van der Waals surface area contributed by atoms with Gasteiger partial charge in [-0.05, 0) is 23.6 Å². The monoisotopic (exact) mass is 286 g/mol. The molecule has 2 rings (SSSR count). The van der Waals surface area contributed by atoms with E-state index in [2.05, 4.69) is 11.4 Å². The molecule has 0 radical (unpaired) electrons. The summed E-state index contributed by atoms with van der Waals surface area (Å²) < 4.78 is 5.09. The number of anilines is 1. The molecule has 1 N–H and O–H groups in total. The summed E-state index contributed by atoms with van der Waals surface area (Å²) in [5, 5.41) is 13.8. The van der Waals surface area contributed by atoms with Crippen LogP contribution in [0.2, 0.25) is 0 Å². The molecular weight excluding hydrogens is 272 g/mol. The fraction of sp³-hybridized carbons (Fsp3) is 0.200. The van der Waals surface area contributed by atoms with Crippen molar-refractivity contribution in [3.8, 4) is 11.8 Å². The van der Waals surface area contributed by atoms with Crippen LogP contribution in [0.4, 0.5) is 5.69 Å². The number of carbonyl (C=O) groups excluding carboxylic acids is 1. The molecule has 20 heavy (non-hydrogen) atoms. The minimum Gasteiger partial charge on any atom is -0.497 e. The Balaban J connectivity index is 2.03. The first kappa shape index (κ1) is 14.1. The minimum absolute atomic E-state index is 0.297. The van der Waals surface area contributed by atoms with Gasteiger partial charge in [-0.3, -0.25) is 4.79 Å². The molecular formula is C15H14N2O2S. The van der Waals surface area contributed by atoms with E-state index in [0.29, 0.717) is 17.9 Å². The number of nitrogens with zero attached hydrogens (tertiary/aromatic N) is 1. The zero-order chi connectivity index (χ0) is 14.4. The van der Waals surface area contributed by atoms with E-state index in [1.807, 2.05) is 17.5 Å². The number of ether oxygens (including phenoxy) is 1. The highest BCUT2D eigenvalue weighted by Crippen LogP contribution is 2.19. The SMILES string of the molecule is COc1cccc(NC(=O)C(C#N)Cc2cccs2)c1. The average molecular weight is 286 g/mol.